The number of fused-ring (bicyclic) bond motifs is 1. The minimum absolute atomic E-state index is 0.194. The van der Waals surface area contributed by atoms with E-state index in [0.29, 0.717) is 24.2 Å². The van der Waals surface area contributed by atoms with Gasteiger partial charge in [-0.3, -0.25) is 19.1 Å². The molecule has 0 saturated heterocycles. The fourth-order valence-electron chi connectivity index (χ4n) is 4.52. The van der Waals surface area contributed by atoms with E-state index < -0.39 is 5.97 Å². The molecule has 1 aromatic heterocycles. The van der Waals surface area contributed by atoms with E-state index in [4.69, 9.17) is 9.90 Å². The molecular formula is C33H41FN5O3+. The average molecular weight is 575 g/mol. The van der Waals surface area contributed by atoms with Gasteiger partial charge in [-0.25, -0.2) is 4.39 Å². The highest BCUT2D eigenvalue weighted by Crippen LogP contribution is 2.24. The lowest BCUT2D eigenvalue weighted by Crippen LogP contribution is -2.34. The van der Waals surface area contributed by atoms with Crippen molar-refractivity contribution in [3.8, 4) is 0 Å². The molecule has 0 radical (unpaired) electrons. The molecule has 222 valence electrons. The number of carboxylic acid groups (broad SMARTS) is 1. The Balaban J connectivity index is 0.000000745. The van der Waals surface area contributed by atoms with Gasteiger partial charge in [0, 0.05) is 43.0 Å². The lowest BCUT2D eigenvalue weighted by molar-refractivity contribution is -0.134. The molecule has 0 unspecified atom stereocenters. The molecule has 3 N–H and O–H groups in total. The molecule has 2 heterocycles. The minimum Gasteiger partial charge on any atom is -0.481 e. The summed E-state index contributed by atoms with van der Waals surface area (Å²) in [4.78, 5) is 26.8. The maximum Gasteiger partial charge on any atom is 0.300 e. The number of hydrogen-bond donors (Lipinski definition) is 3. The van der Waals surface area contributed by atoms with Crippen LogP contribution in [0.15, 0.2) is 77.8 Å². The highest BCUT2D eigenvalue weighted by Gasteiger charge is 2.18. The molecule has 0 aliphatic carbocycles. The van der Waals surface area contributed by atoms with Crippen LogP contribution in [0.4, 0.5) is 10.1 Å². The summed E-state index contributed by atoms with van der Waals surface area (Å²) in [6.07, 6.45) is 0. The Hall–Kier alpha value is -4.50. The first-order chi connectivity index (χ1) is 20.0. The van der Waals surface area contributed by atoms with Crippen molar-refractivity contribution >= 4 is 34.3 Å². The first kappa shape index (κ1) is 32.0. The van der Waals surface area contributed by atoms with E-state index in [1.165, 1.54) is 17.8 Å². The molecule has 0 saturated carbocycles. The van der Waals surface area contributed by atoms with Crippen LogP contribution in [0.2, 0.25) is 0 Å². The molecule has 1 amide bonds. The third-order valence-corrected chi connectivity index (χ3v) is 6.48. The second-order valence-electron chi connectivity index (χ2n) is 10.6. The van der Waals surface area contributed by atoms with Gasteiger partial charge in [-0.05, 0) is 53.6 Å². The van der Waals surface area contributed by atoms with Crippen molar-refractivity contribution in [2.24, 2.45) is 4.99 Å². The van der Waals surface area contributed by atoms with Gasteiger partial charge in [-0.1, -0.05) is 44.2 Å². The lowest BCUT2D eigenvalue weighted by atomic mass is 10.1. The standard InChI is InChI=1S/C29H30FN5O.C2H4O2.C2H6/c1-35(2,3)25-10-7-20(8-11-25)18-33-29(36)27-17-23-16-24(30)9-12-26(23)34(27)19-21-5-4-6-22(15-21)28-31-13-14-32-28;1-2(3)4;1-2/h4-12,15-17H,13-14,18-19H2,1-3H3,(H-,31,32,33,36);1H3,(H,3,4);1-2H3/p+1. The summed E-state index contributed by atoms with van der Waals surface area (Å²) in [6, 6.07) is 22.8. The Morgan fingerprint density at radius 3 is 2.31 bits per heavy atom. The Morgan fingerprint density at radius 1 is 1.00 bits per heavy atom. The largest absolute Gasteiger partial charge is 0.481 e. The number of nitrogens with zero attached hydrogens (tertiary/aromatic N) is 3. The molecule has 42 heavy (non-hydrogen) atoms. The Bertz CT molecular complexity index is 1550. The number of aliphatic carboxylic acids is 1. The summed E-state index contributed by atoms with van der Waals surface area (Å²) in [5, 5.41) is 14.5. The molecule has 3 aromatic carbocycles. The highest BCUT2D eigenvalue weighted by atomic mass is 19.1. The van der Waals surface area contributed by atoms with Crippen molar-refractivity contribution in [2.45, 2.75) is 33.9 Å². The van der Waals surface area contributed by atoms with Gasteiger partial charge in [0.05, 0.1) is 27.7 Å². The normalized spacial score (nSPS) is 12.3. The topological polar surface area (TPSA) is 95.7 Å². The lowest BCUT2D eigenvalue weighted by Gasteiger charge is -2.23. The first-order valence-corrected chi connectivity index (χ1v) is 14.1. The SMILES string of the molecule is CC.CC(=O)O.C[N+](C)(C)c1ccc(CNC(=O)c2cc3cc(F)ccc3n2Cc2cccc(C3=NCCN3)c2)cc1. The first-order valence-electron chi connectivity index (χ1n) is 14.1. The number of amides is 1. The number of aliphatic imine (C=N–C) groups is 1. The fourth-order valence-corrected chi connectivity index (χ4v) is 4.52. The van der Waals surface area contributed by atoms with E-state index in [2.05, 4.69) is 55.0 Å². The number of nitrogens with one attached hydrogen (secondary N) is 2. The smallest absolute Gasteiger partial charge is 0.300 e. The van der Waals surface area contributed by atoms with Gasteiger partial charge in [0.2, 0.25) is 0 Å². The van der Waals surface area contributed by atoms with Gasteiger partial charge in [0.25, 0.3) is 11.9 Å². The van der Waals surface area contributed by atoms with Crippen LogP contribution in [0.5, 0.6) is 0 Å². The Kier molecular flexibility index (Phi) is 11.0. The van der Waals surface area contributed by atoms with Crippen molar-refractivity contribution in [2.75, 3.05) is 34.2 Å². The molecule has 0 fully saturated rings. The molecule has 0 atom stereocenters. The molecule has 0 bridgehead atoms. The van der Waals surface area contributed by atoms with Gasteiger partial charge in [0.1, 0.15) is 23.0 Å². The zero-order chi connectivity index (χ0) is 30.9. The summed E-state index contributed by atoms with van der Waals surface area (Å²) >= 11 is 0. The molecule has 1 aliphatic rings. The van der Waals surface area contributed by atoms with E-state index in [9.17, 15) is 9.18 Å². The number of aromatic nitrogens is 1. The van der Waals surface area contributed by atoms with Crippen molar-refractivity contribution < 1.29 is 19.1 Å². The summed E-state index contributed by atoms with van der Waals surface area (Å²) in [7, 11) is 6.35. The summed E-state index contributed by atoms with van der Waals surface area (Å²) in [5.41, 5.74) is 5.59. The van der Waals surface area contributed by atoms with Crippen molar-refractivity contribution in [1.82, 2.24) is 19.7 Å². The van der Waals surface area contributed by atoms with E-state index in [1.807, 2.05) is 48.7 Å². The predicted octanol–water partition coefficient (Wildman–Crippen LogP) is 5.42. The minimum atomic E-state index is -0.833. The van der Waals surface area contributed by atoms with Crippen molar-refractivity contribution in [3.05, 3.63) is 101 Å². The molecule has 0 spiro atoms. The van der Waals surface area contributed by atoms with E-state index in [-0.39, 0.29) is 11.7 Å². The number of hydrogen-bond acceptors (Lipinski definition) is 4. The van der Waals surface area contributed by atoms with Gasteiger partial charge in [-0.2, -0.15) is 0 Å². The number of benzene rings is 3. The van der Waals surface area contributed by atoms with Crippen molar-refractivity contribution in [3.63, 3.8) is 0 Å². The van der Waals surface area contributed by atoms with Gasteiger partial charge >= 0.3 is 0 Å². The maximum absolute atomic E-state index is 14.0. The van der Waals surface area contributed by atoms with Crippen LogP contribution in [0.1, 0.15) is 48.0 Å². The maximum atomic E-state index is 14.0. The zero-order valence-electron chi connectivity index (χ0n) is 25.2. The zero-order valence-corrected chi connectivity index (χ0v) is 25.2. The Morgan fingerprint density at radius 2 is 1.69 bits per heavy atom. The summed E-state index contributed by atoms with van der Waals surface area (Å²) in [5.74, 6) is -0.456. The summed E-state index contributed by atoms with van der Waals surface area (Å²) in [6.45, 7) is 7.59. The molecule has 5 rings (SSSR count). The third-order valence-electron chi connectivity index (χ3n) is 6.48. The number of rotatable bonds is 7. The van der Waals surface area contributed by atoms with Crippen LogP contribution >= 0.6 is 0 Å². The predicted molar refractivity (Wildman–Crippen MR) is 169 cm³/mol. The third kappa shape index (κ3) is 8.50. The number of amidine groups is 1. The number of carbonyl (C=O) groups is 2. The van der Waals surface area contributed by atoms with Crippen LogP contribution in [0.3, 0.4) is 0 Å². The monoisotopic (exact) mass is 574 g/mol. The number of halogens is 1. The second-order valence-corrected chi connectivity index (χ2v) is 10.6. The van der Waals surface area contributed by atoms with E-state index >= 15 is 0 Å². The molecule has 4 aromatic rings. The number of quaternary nitrogens is 1. The summed E-state index contributed by atoms with van der Waals surface area (Å²) < 4.78 is 16.7. The van der Waals surface area contributed by atoms with Crippen molar-refractivity contribution in [1.29, 1.82) is 0 Å². The number of carboxylic acids is 1. The highest BCUT2D eigenvalue weighted by molar-refractivity contribution is 6.00. The molecule has 8 nitrogen and oxygen atoms in total. The van der Waals surface area contributed by atoms with E-state index in [0.717, 1.165) is 52.5 Å². The Labute approximate surface area is 247 Å². The molecule has 1 aliphatic heterocycles. The van der Waals surface area contributed by atoms with Gasteiger partial charge < -0.3 is 20.3 Å². The van der Waals surface area contributed by atoms with E-state index in [1.54, 1.807) is 12.1 Å². The quantitative estimate of drug-likeness (QED) is 0.257. The van der Waals surface area contributed by atoms with Crippen LogP contribution in [0.25, 0.3) is 10.9 Å². The van der Waals surface area contributed by atoms with Crippen LogP contribution in [-0.4, -0.2) is 61.6 Å². The second kappa shape index (κ2) is 14.4. The number of carbonyl (C=O) groups excluding carboxylic acids is 1. The van der Waals surface area contributed by atoms with Crippen LogP contribution in [-0.2, 0) is 17.9 Å². The average Bonchev–Trinajstić information content (AvgIpc) is 3.61. The molecular weight excluding hydrogens is 533 g/mol. The molecule has 9 heteroatoms. The fraction of sp³-hybridized carbons (Fsp3) is 0.303. The van der Waals surface area contributed by atoms with Crippen LogP contribution < -0.4 is 15.1 Å². The van der Waals surface area contributed by atoms with Gasteiger partial charge in [0.15, 0.2) is 0 Å². The van der Waals surface area contributed by atoms with Gasteiger partial charge in [-0.15, -0.1) is 0 Å². The van der Waals surface area contributed by atoms with Crippen LogP contribution in [0, 0.1) is 5.82 Å².